The molecule has 0 spiro atoms. The van der Waals surface area contributed by atoms with Crippen molar-refractivity contribution in [2.24, 2.45) is 11.8 Å². The van der Waals surface area contributed by atoms with Gasteiger partial charge in [0.25, 0.3) is 0 Å². The molecule has 0 aliphatic rings. The fourth-order valence-corrected chi connectivity index (χ4v) is 5.49. The minimum absolute atomic E-state index is 0. The van der Waals surface area contributed by atoms with Crippen molar-refractivity contribution in [1.29, 1.82) is 0 Å². The van der Waals surface area contributed by atoms with E-state index in [0.29, 0.717) is 0 Å². The van der Waals surface area contributed by atoms with E-state index in [9.17, 15) is 25.9 Å². The van der Waals surface area contributed by atoms with E-state index < -0.39 is 20.8 Å². The van der Waals surface area contributed by atoms with Crippen LogP contribution in [0, 0.1) is 11.8 Å². The zero-order valence-corrected chi connectivity index (χ0v) is 30.8. The van der Waals surface area contributed by atoms with Gasteiger partial charge in [-0.1, -0.05) is 143 Å². The Kier molecular flexibility index (Phi) is 36.7. The smallest absolute Gasteiger partial charge is 0.726 e. The molecule has 0 aliphatic carbocycles. The number of hydrogen-bond acceptors (Lipinski definition) is 8. The van der Waals surface area contributed by atoms with Crippen LogP contribution < -0.4 is 0 Å². The summed E-state index contributed by atoms with van der Waals surface area (Å²) in [4.78, 5) is 0. The summed E-state index contributed by atoms with van der Waals surface area (Å²) < 4.78 is 72.2. The molecule has 0 fully saturated rings. The maximum atomic E-state index is 10.5. The van der Waals surface area contributed by atoms with Crippen LogP contribution in [0.5, 0.6) is 0 Å². The summed E-state index contributed by atoms with van der Waals surface area (Å²) in [6.45, 7) is 8.82. The molecule has 2 unspecified atom stereocenters. The standard InChI is InChI=1S/2C15H32O4S.Ca/c2*1-3-5-7-9-11-13-15(12-10-8-6-4-2)14-19-20(16,17)18;/h2*15H,3-14H2,1-2H3,(H,16,17,18);/q;;+2/p-2. The first-order valence-corrected chi connectivity index (χ1v) is 18.9. The Morgan fingerprint density at radius 3 is 0.878 bits per heavy atom. The third-order valence-corrected chi connectivity index (χ3v) is 8.11. The molecule has 0 saturated heterocycles. The normalized spacial score (nSPS) is 13.2. The van der Waals surface area contributed by atoms with Gasteiger partial charge in [-0.3, -0.25) is 8.37 Å². The molecule has 0 heterocycles. The zero-order valence-electron chi connectivity index (χ0n) is 26.9. The van der Waals surface area contributed by atoms with Crippen LogP contribution in [-0.2, 0) is 29.2 Å². The molecule has 0 aliphatic heterocycles. The van der Waals surface area contributed by atoms with Crippen LogP contribution in [0.4, 0.5) is 0 Å². The zero-order chi connectivity index (χ0) is 30.5. The van der Waals surface area contributed by atoms with Gasteiger partial charge in [0.15, 0.2) is 0 Å². The number of rotatable bonds is 28. The maximum Gasteiger partial charge on any atom is 2.00 e. The average molecular weight is 655 g/mol. The first kappa shape index (κ1) is 46.4. The summed E-state index contributed by atoms with van der Waals surface area (Å²) in [6.07, 6.45) is 25.2. The summed E-state index contributed by atoms with van der Waals surface area (Å²) in [7, 11) is -9.09. The van der Waals surface area contributed by atoms with Crippen molar-refractivity contribution in [3.05, 3.63) is 0 Å². The number of unbranched alkanes of at least 4 members (excludes halogenated alkanes) is 14. The Balaban J connectivity index is -0.000000688. The van der Waals surface area contributed by atoms with Crippen LogP contribution in [0.1, 0.15) is 169 Å². The second kappa shape index (κ2) is 32.4. The summed E-state index contributed by atoms with van der Waals surface area (Å²) in [6, 6.07) is 0. The summed E-state index contributed by atoms with van der Waals surface area (Å²) >= 11 is 0. The van der Waals surface area contributed by atoms with Gasteiger partial charge in [0.05, 0.1) is 13.2 Å². The van der Waals surface area contributed by atoms with Gasteiger partial charge in [0, 0.05) is 0 Å². The molecule has 41 heavy (non-hydrogen) atoms. The molecule has 0 N–H and O–H groups in total. The fourth-order valence-electron chi connectivity index (χ4n) is 4.77. The molecule has 2 atom stereocenters. The first-order valence-electron chi connectivity index (χ1n) is 16.2. The van der Waals surface area contributed by atoms with E-state index in [4.69, 9.17) is 0 Å². The van der Waals surface area contributed by atoms with Gasteiger partial charge in [-0.05, 0) is 37.5 Å². The van der Waals surface area contributed by atoms with Crippen LogP contribution in [0.25, 0.3) is 0 Å². The van der Waals surface area contributed by atoms with Crippen molar-refractivity contribution in [3.63, 3.8) is 0 Å². The van der Waals surface area contributed by atoms with Gasteiger partial charge < -0.3 is 9.11 Å². The molecule has 0 bridgehead atoms. The molecule has 0 aromatic heterocycles. The monoisotopic (exact) mass is 654 g/mol. The third kappa shape index (κ3) is 41.0. The van der Waals surface area contributed by atoms with Gasteiger partial charge in [-0.2, -0.15) is 0 Å². The molecule has 0 rings (SSSR count). The maximum absolute atomic E-state index is 10.5. The van der Waals surface area contributed by atoms with Gasteiger partial charge in [0.1, 0.15) is 0 Å². The molecule has 0 radical (unpaired) electrons. The topological polar surface area (TPSA) is 133 Å². The van der Waals surface area contributed by atoms with Crippen molar-refractivity contribution in [3.8, 4) is 0 Å². The predicted octanol–water partition coefficient (Wildman–Crippen LogP) is 8.44. The third-order valence-electron chi connectivity index (χ3n) is 7.26. The van der Waals surface area contributed by atoms with Crippen LogP contribution in [0.3, 0.4) is 0 Å². The Morgan fingerprint density at radius 2 is 0.659 bits per heavy atom. The first-order chi connectivity index (χ1) is 19.0. The summed E-state index contributed by atoms with van der Waals surface area (Å²) in [5.74, 6) is 0.411. The van der Waals surface area contributed by atoms with Crippen molar-refractivity contribution in [2.75, 3.05) is 13.2 Å². The predicted molar refractivity (Wildman–Crippen MR) is 168 cm³/mol. The van der Waals surface area contributed by atoms with Crippen LogP contribution >= 0.6 is 0 Å². The van der Waals surface area contributed by atoms with Gasteiger partial charge in [0.2, 0.25) is 20.8 Å². The molecule has 0 saturated carbocycles. The van der Waals surface area contributed by atoms with Crippen molar-refractivity contribution < 1.29 is 34.3 Å². The fraction of sp³-hybridized carbons (Fsp3) is 1.00. The molecule has 0 amide bonds. The summed E-state index contributed by atoms with van der Waals surface area (Å²) in [5.41, 5.74) is 0. The van der Waals surface area contributed by atoms with Crippen LogP contribution in [-0.4, -0.2) is 76.9 Å². The SMILES string of the molecule is CCCCCCCC(CCCCCC)COS(=O)(=O)[O-].CCCCCCCC(CCCCCC)COS(=O)(=O)[O-].[Ca+2]. The Labute approximate surface area is 284 Å². The molecule has 8 nitrogen and oxygen atoms in total. The van der Waals surface area contributed by atoms with E-state index in [1.807, 2.05) is 0 Å². The Bertz CT molecular complexity index is 671. The largest absolute Gasteiger partial charge is 2.00 e. The van der Waals surface area contributed by atoms with E-state index in [1.165, 1.54) is 89.9 Å². The van der Waals surface area contributed by atoms with Crippen LogP contribution in [0.15, 0.2) is 0 Å². The second-order valence-corrected chi connectivity index (χ2v) is 13.3. The Hall–Kier alpha value is 1.000. The van der Waals surface area contributed by atoms with Gasteiger partial charge >= 0.3 is 37.7 Å². The second-order valence-electron chi connectivity index (χ2n) is 11.2. The van der Waals surface area contributed by atoms with E-state index in [1.54, 1.807) is 0 Å². The van der Waals surface area contributed by atoms with E-state index in [-0.39, 0.29) is 62.8 Å². The average Bonchev–Trinajstić information content (AvgIpc) is 2.88. The Morgan fingerprint density at radius 1 is 0.439 bits per heavy atom. The number of hydrogen-bond donors (Lipinski definition) is 0. The molecule has 11 heteroatoms. The molecule has 244 valence electrons. The van der Waals surface area contributed by atoms with Gasteiger partial charge in [-0.25, -0.2) is 16.8 Å². The minimum Gasteiger partial charge on any atom is -0.726 e. The van der Waals surface area contributed by atoms with E-state index >= 15 is 0 Å². The van der Waals surface area contributed by atoms with Crippen molar-refractivity contribution in [1.82, 2.24) is 0 Å². The summed E-state index contributed by atoms with van der Waals surface area (Å²) in [5, 5.41) is 0. The molecular formula is C30H62CaO8S2. The van der Waals surface area contributed by atoms with Crippen molar-refractivity contribution >= 4 is 58.5 Å². The van der Waals surface area contributed by atoms with E-state index in [0.717, 1.165) is 51.4 Å². The van der Waals surface area contributed by atoms with E-state index in [2.05, 4.69) is 36.1 Å². The van der Waals surface area contributed by atoms with Gasteiger partial charge in [-0.15, -0.1) is 0 Å². The minimum atomic E-state index is -4.54. The van der Waals surface area contributed by atoms with Crippen LogP contribution in [0.2, 0.25) is 0 Å². The molecule has 0 aromatic rings. The molecule has 0 aromatic carbocycles. The quantitative estimate of drug-likeness (QED) is 0.0355. The van der Waals surface area contributed by atoms with Crippen molar-refractivity contribution in [2.45, 2.75) is 169 Å². The molecular weight excluding hydrogens is 593 g/mol.